The molecule has 0 fully saturated rings. The van der Waals surface area contributed by atoms with Gasteiger partial charge in [0.05, 0.1) is 0 Å². The van der Waals surface area contributed by atoms with Crippen LogP contribution in [0.3, 0.4) is 0 Å². The van der Waals surface area contributed by atoms with E-state index in [4.69, 9.17) is 0 Å². The minimum atomic E-state index is -0.0863. The SMILES string of the molecule is CSC(=O)Nc1ncccc1C. The number of hydrogen-bond acceptors (Lipinski definition) is 3. The summed E-state index contributed by atoms with van der Waals surface area (Å²) in [7, 11) is 0. The molecule has 0 unspecified atom stereocenters. The minimum Gasteiger partial charge on any atom is -0.301 e. The number of aromatic nitrogens is 1. The first-order chi connectivity index (χ1) is 5.74. The van der Waals surface area contributed by atoms with Crippen molar-refractivity contribution in [2.45, 2.75) is 6.92 Å². The van der Waals surface area contributed by atoms with Gasteiger partial charge < -0.3 is 5.32 Å². The van der Waals surface area contributed by atoms with Gasteiger partial charge in [0.25, 0.3) is 5.24 Å². The number of amides is 1. The number of carbonyl (C=O) groups is 1. The van der Waals surface area contributed by atoms with Crippen LogP contribution < -0.4 is 5.32 Å². The van der Waals surface area contributed by atoms with Crippen molar-refractivity contribution in [3.05, 3.63) is 23.9 Å². The van der Waals surface area contributed by atoms with E-state index in [1.54, 1.807) is 12.5 Å². The Bertz CT molecular complexity index is 288. The molecule has 1 rings (SSSR count). The van der Waals surface area contributed by atoms with Crippen molar-refractivity contribution in [2.75, 3.05) is 11.6 Å². The fraction of sp³-hybridized carbons (Fsp3) is 0.250. The highest BCUT2D eigenvalue weighted by Crippen LogP contribution is 2.11. The van der Waals surface area contributed by atoms with Crippen molar-refractivity contribution in [3.63, 3.8) is 0 Å². The predicted octanol–water partition coefficient (Wildman–Crippen LogP) is 2.28. The number of nitrogens with zero attached hydrogens (tertiary/aromatic N) is 1. The summed E-state index contributed by atoms with van der Waals surface area (Å²) in [4.78, 5) is 15.0. The number of anilines is 1. The van der Waals surface area contributed by atoms with Crippen molar-refractivity contribution in [1.29, 1.82) is 0 Å². The molecular formula is C8H10N2OS. The highest BCUT2D eigenvalue weighted by Gasteiger charge is 2.01. The van der Waals surface area contributed by atoms with Gasteiger partial charge in [-0.05, 0) is 24.8 Å². The summed E-state index contributed by atoms with van der Waals surface area (Å²) >= 11 is 1.14. The third kappa shape index (κ3) is 2.23. The Morgan fingerprint density at radius 3 is 3.00 bits per heavy atom. The number of rotatable bonds is 1. The van der Waals surface area contributed by atoms with Gasteiger partial charge in [0.2, 0.25) is 0 Å². The van der Waals surface area contributed by atoms with Gasteiger partial charge in [-0.3, -0.25) is 4.79 Å². The van der Waals surface area contributed by atoms with E-state index >= 15 is 0 Å². The van der Waals surface area contributed by atoms with Crippen LogP contribution in [0.25, 0.3) is 0 Å². The van der Waals surface area contributed by atoms with Crippen LogP contribution in [0.4, 0.5) is 10.6 Å². The Kier molecular flexibility index (Phi) is 3.10. The number of carbonyl (C=O) groups excluding carboxylic acids is 1. The molecule has 0 bridgehead atoms. The molecule has 1 amide bonds. The summed E-state index contributed by atoms with van der Waals surface area (Å²) in [5.74, 6) is 0.636. The average molecular weight is 182 g/mol. The van der Waals surface area contributed by atoms with Gasteiger partial charge >= 0.3 is 0 Å². The van der Waals surface area contributed by atoms with Crippen LogP contribution in [0.1, 0.15) is 5.56 Å². The Balaban J connectivity index is 2.75. The van der Waals surface area contributed by atoms with E-state index in [1.165, 1.54) is 0 Å². The summed E-state index contributed by atoms with van der Waals surface area (Å²) < 4.78 is 0. The van der Waals surface area contributed by atoms with E-state index in [1.807, 2.05) is 19.1 Å². The number of nitrogens with one attached hydrogen (secondary N) is 1. The first kappa shape index (κ1) is 9.06. The Hall–Kier alpha value is -1.03. The molecule has 0 radical (unpaired) electrons. The Morgan fingerprint density at radius 1 is 1.67 bits per heavy atom. The van der Waals surface area contributed by atoms with E-state index in [0.29, 0.717) is 5.82 Å². The van der Waals surface area contributed by atoms with Gasteiger partial charge in [0.1, 0.15) is 5.82 Å². The summed E-state index contributed by atoms with van der Waals surface area (Å²) in [6, 6.07) is 3.74. The molecule has 3 nitrogen and oxygen atoms in total. The fourth-order valence-electron chi connectivity index (χ4n) is 0.764. The van der Waals surface area contributed by atoms with Gasteiger partial charge in [-0.15, -0.1) is 0 Å². The van der Waals surface area contributed by atoms with Crippen molar-refractivity contribution in [3.8, 4) is 0 Å². The topological polar surface area (TPSA) is 42.0 Å². The lowest BCUT2D eigenvalue weighted by atomic mass is 10.3. The lowest BCUT2D eigenvalue weighted by molar-refractivity contribution is 0.269. The van der Waals surface area contributed by atoms with Crippen LogP contribution in [0.2, 0.25) is 0 Å². The zero-order chi connectivity index (χ0) is 8.97. The molecular weight excluding hydrogens is 172 g/mol. The van der Waals surface area contributed by atoms with Crippen LogP contribution in [0.5, 0.6) is 0 Å². The molecule has 0 aliphatic heterocycles. The maximum Gasteiger partial charge on any atom is 0.284 e. The molecule has 0 aliphatic rings. The van der Waals surface area contributed by atoms with E-state index in [2.05, 4.69) is 10.3 Å². The van der Waals surface area contributed by atoms with Crippen LogP contribution >= 0.6 is 11.8 Å². The monoisotopic (exact) mass is 182 g/mol. The zero-order valence-corrected chi connectivity index (χ0v) is 7.81. The van der Waals surface area contributed by atoms with Crippen LogP contribution in [0.15, 0.2) is 18.3 Å². The average Bonchev–Trinajstić information content (AvgIpc) is 2.09. The highest BCUT2D eigenvalue weighted by molar-refractivity contribution is 8.13. The molecule has 0 aromatic carbocycles. The lowest BCUT2D eigenvalue weighted by Gasteiger charge is -2.03. The summed E-state index contributed by atoms with van der Waals surface area (Å²) in [5.41, 5.74) is 0.972. The molecule has 12 heavy (non-hydrogen) atoms. The Labute approximate surface area is 75.6 Å². The van der Waals surface area contributed by atoms with E-state index < -0.39 is 0 Å². The normalized spacial score (nSPS) is 9.50. The Morgan fingerprint density at radius 2 is 2.42 bits per heavy atom. The molecule has 0 aliphatic carbocycles. The predicted molar refractivity (Wildman–Crippen MR) is 51.5 cm³/mol. The second-order valence-electron chi connectivity index (χ2n) is 2.29. The largest absolute Gasteiger partial charge is 0.301 e. The fourth-order valence-corrected chi connectivity index (χ4v) is 0.963. The highest BCUT2D eigenvalue weighted by atomic mass is 32.2. The molecule has 0 atom stereocenters. The smallest absolute Gasteiger partial charge is 0.284 e. The van der Waals surface area contributed by atoms with Gasteiger partial charge in [0, 0.05) is 6.20 Å². The van der Waals surface area contributed by atoms with Crippen LogP contribution in [-0.2, 0) is 0 Å². The third-order valence-electron chi connectivity index (χ3n) is 1.42. The van der Waals surface area contributed by atoms with Crippen LogP contribution in [-0.4, -0.2) is 16.5 Å². The quantitative estimate of drug-likeness (QED) is 0.724. The standard InChI is InChI=1S/C8H10N2OS/c1-6-4-3-5-9-7(6)10-8(11)12-2/h3-5H,1-2H3,(H,9,10,11). The summed E-state index contributed by atoms with van der Waals surface area (Å²) in [6.45, 7) is 1.91. The first-order valence-corrected chi connectivity index (χ1v) is 4.73. The second kappa shape index (κ2) is 4.11. The molecule has 1 aromatic heterocycles. The summed E-state index contributed by atoms with van der Waals surface area (Å²) in [6.07, 6.45) is 3.39. The van der Waals surface area contributed by atoms with Gasteiger partial charge in [-0.25, -0.2) is 4.98 Å². The maximum absolute atomic E-state index is 10.9. The number of thioether (sulfide) groups is 1. The molecule has 64 valence electrons. The molecule has 1 aromatic rings. The van der Waals surface area contributed by atoms with Gasteiger partial charge in [-0.2, -0.15) is 0 Å². The van der Waals surface area contributed by atoms with Crippen molar-refractivity contribution >= 4 is 22.8 Å². The first-order valence-electron chi connectivity index (χ1n) is 3.50. The molecule has 1 N–H and O–H groups in total. The lowest BCUT2D eigenvalue weighted by Crippen LogP contribution is -2.06. The van der Waals surface area contributed by atoms with Gasteiger partial charge in [-0.1, -0.05) is 17.8 Å². The zero-order valence-electron chi connectivity index (χ0n) is 7.00. The van der Waals surface area contributed by atoms with Crippen LogP contribution in [0, 0.1) is 6.92 Å². The molecule has 0 saturated carbocycles. The number of aryl methyl sites for hydroxylation is 1. The van der Waals surface area contributed by atoms with Gasteiger partial charge in [0.15, 0.2) is 0 Å². The molecule has 1 heterocycles. The third-order valence-corrected chi connectivity index (χ3v) is 1.89. The van der Waals surface area contributed by atoms with Crippen molar-refractivity contribution in [2.24, 2.45) is 0 Å². The molecule has 0 saturated heterocycles. The number of hydrogen-bond donors (Lipinski definition) is 1. The molecule has 4 heteroatoms. The molecule has 0 spiro atoms. The maximum atomic E-state index is 10.9. The second-order valence-corrected chi connectivity index (χ2v) is 3.06. The van der Waals surface area contributed by atoms with Crippen molar-refractivity contribution < 1.29 is 4.79 Å². The minimum absolute atomic E-state index is 0.0863. The number of pyridine rings is 1. The van der Waals surface area contributed by atoms with E-state index in [-0.39, 0.29) is 5.24 Å². The van der Waals surface area contributed by atoms with E-state index in [0.717, 1.165) is 17.3 Å². The van der Waals surface area contributed by atoms with E-state index in [9.17, 15) is 4.79 Å². The summed E-state index contributed by atoms with van der Waals surface area (Å²) in [5, 5.41) is 2.59. The van der Waals surface area contributed by atoms with Crippen molar-refractivity contribution in [1.82, 2.24) is 4.98 Å².